The Labute approximate surface area is 85.7 Å². The summed E-state index contributed by atoms with van der Waals surface area (Å²) in [6.07, 6.45) is 0.262. The van der Waals surface area contributed by atoms with Gasteiger partial charge in [0.1, 0.15) is 5.75 Å². The van der Waals surface area contributed by atoms with Crippen LogP contribution in [0.4, 0.5) is 8.78 Å². The molecule has 0 bridgehead atoms. The summed E-state index contributed by atoms with van der Waals surface area (Å²) in [6.45, 7) is -2.83. The maximum Gasteiger partial charge on any atom is 0.387 e. The lowest BCUT2D eigenvalue weighted by Crippen LogP contribution is -2.13. The highest BCUT2D eigenvalue weighted by atomic mass is 32.1. The number of hydrogen-bond donors (Lipinski definition) is 1. The number of thiocarbonyl (C=S) groups is 1. The first-order valence-electron chi connectivity index (χ1n) is 3.90. The van der Waals surface area contributed by atoms with E-state index in [9.17, 15) is 8.78 Å². The normalized spacial score (nSPS) is 10.2. The molecule has 2 N–H and O–H groups in total. The van der Waals surface area contributed by atoms with Crippen molar-refractivity contribution in [2.45, 2.75) is 13.0 Å². The molecule has 76 valence electrons. The van der Waals surface area contributed by atoms with Crippen LogP contribution >= 0.6 is 12.2 Å². The molecule has 0 atom stereocenters. The molecule has 0 radical (unpaired) electrons. The van der Waals surface area contributed by atoms with E-state index in [1.54, 1.807) is 18.2 Å². The van der Waals surface area contributed by atoms with Crippen molar-refractivity contribution in [3.63, 3.8) is 0 Å². The van der Waals surface area contributed by atoms with Crippen LogP contribution in [0.25, 0.3) is 0 Å². The Kier molecular flexibility index (Phi) is 3.76. The minimum atomic E-state index is -2.83. The van der Waals surface area contributed by atoms with E-state index in [0.717, 1.165) is 0 Å². The number of rotatable bonds is 4. The van der Waals surface area contributed by atoms with Crippen LogP contribution in [0.1, 0.15) is 5.56 Å². The van der Waals surface area contributed by atoms with Crippen LogP contribution in [0.5, 0.6) is 5.75 Å². The molecule has 0 fully saturated rings. The Hall–Kier alpha value is -1.23. The molecule has 2 nitrogen and oxygen atoms in total. The molecule has 1 aromatic carbocycles. The molecule has 0 saturated carbocycles. The van der Waals surface area contributed by atoms with Crippen molar-refractivity contribution >= 4 is 17.2 Å². The van der Waals surface area contributed by atoms with Gasteiger partial charge in [-0.15, -0.1) is 0 Å². The first-order valence-corrected chi connectivity index (χ1v) is 4.31. The van der Waals surface area contributed by atoms with Gasteiger partial charge in [0.25, 0.3) is 0 Å². The second kappa shape index (κ2) is 4.85. The Balaban J connectivity index is 2.85. The zero-order chi connectivity index (χ0) is 10.6. The lowest BCUT2D eigenvalue weighted by molar-refractivity contribution is -0.0503. The zero-order valence-corrected chi connectivity index (χ0v) is 8.06. The molecule has 0 spiro atoms. The van der Waals surface area contributed by atoms with Gasteiger partial charge < -0.3 is 10.5 Å². The molecule has 0 aliphatic carbocycles. The number of halogens is 2. The third-order valence-corrected chi connectivity index (χ3v) is 1.70. The van der Waals surface area contributed by atoms with Crippen LogP contribution in [0.2, 0.25) is 0 Å². The summed E-state index contributed by atoms with van der Waals surface area (Å²) >= 11 is 4.69. The molecule has 1 rings (SSSR count). The minimum absolute atomic E-state index is 0.121. The van der Waals surface area contributed by atoms with Gasteiger partial charge in [0, 0.05) is 12.0 Å². The van der Waals surface area contributed by atoms with Crippen molar-refractivity contribution in [1.29, 1.82) is 0 Å². The first kappa shape index (κ1) is 10.8. The number of nitrogens with two attached hydrogens (primary N) is 1. The second-order valence-electron chi connectivity index (χ2n) is 2.63. The van der Waals surface area contributed by atoms with Crippen LogP contribution in [-0.4, -0.2) is 11.6 Å². The average molecular weight is 217 g/mol. The highest BCUT2D eigenvalue weighted by Gasteiger charge is 2.09. The van der Waals surface area contributed by atoms with E-state index in [1.807, 2.05) is 0 Å². The van der Waals surface area contributed by atoms with Crippen molar-refractivity contribution in [2.24, 2.45) is 5.73 Å². The monoisotopic (exact) mass is 217 g/mol. The minimum Gasteiger partial charge on any atom is -0.435 e. The van der Waals surface area contributed by atoms with Crippen LogP contribution in [-0.2, 0) is 6.42 Å². The SMILES string of the molecule is NC(=S)Cc1ccccc1OC(F)F. The summed E-state index contributed by atoms with van der Waals surface area (Å²) in [5, 5.41) is 0. The summed E-state index contributed by atoms with van der Waals surface area (Å²) in [4.78, 5) is 0.246. The van der Waals surface area contributed by atoms with Crippen molar-refractivity contribution < 1.29 is 13.5 Å². The van der Waals surface area contributed by atoms with Crippen LogP contribution < -0.4 is 10.5 Å². The number of ether oxygens (including phenoxy) is 1. The standard InChI is InChI=1S/C9H9F2NOS/c10-9(11)13-7-4-2-1-3-6(7)5-8(12)14/h1-4,9H,5H2,(H2,12,14). The number of hydrogen-bond acceptors (Lipinski definition) is 2. The number of para-hydroxylation sites is 1. The summed E-state index contributed by atoms with van der Waals surface area (Å²) in [5.74, 6) is 0.121. The zero-order valence-electron chi connectivity index (χ0n) is 7.24. The van der Waals surface area contributed by atoms with Gasteiger partial charge in [-0.3, -0.25) is 0 Å². The van der Waals surface area contributed by atoms with Crippen LogP contribution in [0.15, 0.2) is 24.3 Å². The largest absolute Gasteiger partial charge is 0.435 e. The quantitative estimate of drug-likeness (QED) is 0.784. The smallest absolute Gasteiger partial charge is 0.387 e. The molecule has 5 heteroatoms. The number of benzene rings is 1. The first-order chi connectivity index (χ1) is 6.59. The molecular formula is C9H9F2NOS. The maximum atomic E-state index is 12.0. The number of alkyl halides is 2. The lowest BCUT2D eigenvalue weighted by atomic mass is 10.1. The average Bonchev–Trinajstić information content (AvgIpc) is 2.06. The fourth-order valence-corrected chi connectivity index (χ4v) is 1.20. The molecule has 0 saturated heterocycles. The Morgan fingerprint density at radius 2 is 2.07 bits per heavy atom. The Morgan fingerprint density at radius 1 is 1.43 bits per heavy atom. The van der Waals surface area contributed by atoms with E-state index < -0.39 is 6.61 Å². The lowest BCUT2D eigenvalue weighted by Gasteiger charge is -2.09. The van der Waals surface area contributed by atoms with E-state index in [4.69, 9.17) is 5.73 Å². The highest BCUT2D eigenvalue weighted by Crippen LogP contribution is 2.20. The molecular weight excluding hydrogens is 208 g/mol. The van der Waals surface area contributed by atoms with Crippen molar-refractivity contribution in [1.82, 2.24) is 0 Å². The van der Waals surface area contributed by atoms with Crippen LogP contribution in [0, 0.1) is 0 Å². The van der Waals surface area contributed by atoms with Gasteiger partial charge >= 0.3 is 6.61 Å². The Morgan fingerprint density at radius 3 is 2.64 bits per heavy atom. The summed E-state index contributed by atoms with van der Waals surface area (Å²) < 4.78 is 28.2. The van der Waals surface area contributed by atoms with Gasteiger partial charge in [-0.05, 0) is 6.07 Å². The third-order valence-electron chi connectivity index (χ3n) is 1.55. The van der Waals surface area contributed by atoms with Gasteiger partial charge in [-0.1, -0.05) is 30.4 Å². The fourth-order valence-electron chi connectivity index (χ4n) is 1.05. The molecule has 14 heavy (non-hydrogen) atoms. The predicted molar refractivity (Wildman–Crippen MR) is 53.6 cm³/mol. The van der Waals surface area contributed by atoms with E-state index in [1.165, 1.54) is 6.07 Å². The molecule has 1 aromatic rings. The molecule has 0 aliphatic heterocycles. The van der Waals surface area contributed by atoms with Gasteiger partial charge in [-0.2, -0.15) is 8.78 Å². The molecule has 0 aliphatic rings. The summed E-state index contributed by atoms with van der Waals surface area (Å²) in [5.41, 5.74) is 5.88. The maximum absolute atomic E-state index is 12.0. The highest BCUT2D eigenvalue weighted by molar-refractivity contribution is 7.80. The predicted octanol–water partition coefficient (Wildman–Crippen LogP) is 2.12. The summed E-state index contributed by atoms with van der Waals surface area (Å²) in [7, 11) is 0. The van der Waals surface area contributed by atoms with E-state index >= 15 is 0 Å². The van der Waals surface area contributed by atoms with Gasteiger partial charge in [0.05, 0.1) is 4.99 Å². The van der Waals surface area contributed by atoms with E-state index in [0.29, 0.717) is 5.56 Å². The van der Waals surface area contributed by atoms with Crippen molar-refractivity contribution in [2.75, 3.05) is 0 Å². The van der Waals surface area contributed by atoms with Gasteiger partial charge in [0.2, 0.25) is 0 Å². The Bertz CT molecular complexity index is 330. The van der Waals surface area contributed by atoms with Gasteiger partial charge in [-0.25, -0.2) is 0 Å². The van der Waals surface area contributed by atoms with E-state index in [-0.39, 0.29) is 17.2 Å². The molecule has 0 unspecified atom stereocenters. The van der Waals surface area contributed by atoms with Crippen LogP contribution in [0.3, 0.4) is 0 Å². The van der Waals surface area contributed by atoms with Crippen molar-refractivity contribution in [3.8, 4) is 5.75 Å². The fraction of sp³-hybridized carbons (Fsp3) is 0.222. The molecule has 0 heterocycles. The second-order valence-corrected chi connectivity index (χ2v) is 3.15. The molecule has 0 amide bonds. The molecule has 0 aromatic heterocycles. The van der Waals surface area contributed by atoms with E-state index in [2.05, 4.69) is 17.0 Å². The topological polar surface area (TPSA) is 35.2 Å². The van der Waals surface area contributed by atoms with Gasteiger partial charge in [0.15, 0.2) is 0 Å². The summed E-state index contributed by atoms with van der Waals surface area (Å²) in [6, 6.07) is 6.43. The van der Waals surface area contributed by atoms with Crippen molar-refractivity contribution in [3.05, 3.63) is 29.8 Å². The third kappa shape index (κ3) is 3.26.